The van der Waals surface area contributed by atoms with E-state index in [2.05, 4.69) is 4.74 Å². The Balaban J connectivity index is 1.94. The van der Waals surface area contributed by atoms with Crippen LogP contribution in [0.2, 0.25) is 0 Å². The summed E-state index contributed by atoms with van der Waals surface area (Å²) >= 11 is 0. The zero-order chi connectivity index (χ0) is 24.6. The Hall–Kier alpha value is -2.67. The maximum Gasteiger partial charge on any atom is 0.420 e. The van der Waals surface area contributed by atoms with Gasteiger partial charge in [-0.2, -0.15) is 26.3 Å². The van der Waals surface area contributed by atoms with Gasteiger partial charge in [-0.3, -0.25) is 4.72 Å². The second-order valence-electron chi connectivity index (χ2n) is 7.46. The molecule has 1 heterocycles. The van der Waals surface area contributed by atoms with E-state index in [1.165, 1.54) is 0 Å². The number of sulfonamides is 1. The quantitative estimate of drug-likeness (QED) is 0.589. The highest BCUT2D eigenvalue weighted by Gasteiger charge is 2.37. The van der Waals surface area contributed by atoms with Crippen molar-refractivity contribution in [1.29, 1.82) is 0 Å². The summed E-state index contributed by atoms with van der Waals surface area (Å²) in [5.74, 6) is -1.15. The fraction of sp³-hybridized carbons (Fsp3) is 0.400. The topological polar surface area (TPSA) is 67.9 Å². The maximum absolute atomic E-state index is 13.4. The summed E-state index contributed by atoms with van der Waals surface area (Å²) in [6.45, 7) is 1.01. The van der Waals surface area contributed by atoms with E-state index in [4.69, 9.17) is 4.74 Å². The van der Waals surface area contributed by atoms with E-state index in [0.717, 1.165) is 31.4 Å². The molecule has 0 bridgehead atoms. The summed E-state index contributed by atoms with van der Waals surface area (Å²) in [5.41, 5.74) is -2.70. The maximum atomic E-state index is 13.4. The molecule has 1 atom stereocenters. The van der Waals surface area contributed by atoms with Crippen molar-refractivity contribution in [3.63, 3.8) is 0 Å². The zero-order valence-corrected chi connectivity index (χ0v) is 18.2. The average molecular weight is 498 g/mol. The number of rotatable bonds is 6. The van der Waals surface area contributed by atoms with Crippen molar-refractivity contribution in [2.24, 2.45) is 0 Å². The van der Waals surface area contributed by atoms with Crippen LogP contribution in [0, 0.1) is 0 Å². The van der Waals surface area contributed by atoms with Crippen LogP contribution in [0.4, 0.5) is 32.0 Å². The number of alkyl halides is 6. The predicted molar refractivity (Wildman–Crippen MR) is 107 cm³/mol. The molecule has 2 aromatic rings. The van der Waals surface area contributed by atoms with E-state index in [-0.39, 0.29) is 5.69 Å². The van der Waals surface area contributed by atoms with E-state index in [0.29, 0.717) is 31.6 Å². The van der Waals surface area contributed by atoms with Gasteiger partial charge < -0.3 is 14.4 Å². The first-order valence-electron chi connectivity index (χ1n) is 9.55. The molecule has 182 valence electrons. The number of ether oxygens (including phenoxy) is 2. The molecule has 2 aromatic carbocycles. The van der Waals surface area contributed by atoms with E-state index in [1.54, 1.807) is 7.05 Å². The first-order chi connectivity index (χ1) is 15.2. The Morgan fingerprint density at radius 1 is 0.970 bits per heavy atom. The monoisotopic (exact) mass is 498 g/mol. The molecule has 0 radical (unpaired) electrons. The highest BCUT2D eigenvalue weighted by atomic mass is 32.2. The van der Waals surface area contributed by atoms with Crippen molar-refractivity contribution in [2.75, 3.05) is 32.0 Å². The summed E-state index contributed by atoms with van der Waals surface area (Å²) in [7, 11) is -1.79. The molecule has 1 N–H and O–H groups in total. The van der Waals surface area contributed by atoms with Gasteiger partial charge in [-0.05, 0) is 43.8 Å². The first kappa shape index (κ1) is 25.0. The van der Waals surface area contributed by atoms with Crippen LogP contribution in [0.1, 0.15) is 17.5 Å². The Morgan fingerprint density at radius 3 is 2.18 bits per heavy atom. The van der Waals surface area contributed by atoms with Crippen LogP contribution in [-0.4, -0.2) is 46.7 Å². The lowest BCUT2D eigenvalue weighted by Crippen LogP contribution is -2.23. The minimum atomic E-state index is -4.89. The van der Waals surface area contributed by atoms with Crippen molar-refractivity contribution in [1.82, 2.24) is 4.90 Å². The van der Waals surface area contributed by atoms with Crippen LogP contribution in [0.5, 0.6) is 11.5 Å². The molecule has 0 spiro atoms. The van der Waals surface area contributed by atoms with Crippen molar-refractivity contribution >= 4 is 15.7 Å². The van der Waals surface area contributed by atoms with E-state index >= 15 is 0 Å². The Bertz CT molecular complexity index is 1120. The molecule has 1 aliphatic heterocycles. The fourth-order valence-electron chi connectivity index (χ4n) is 3.38. The van der Waals surface area contributed by atoms with Gasteiger partial charge in [-0.1, -0.05) is 0 Å². The van der Waals surface area contributed by atoms with E-state index in [9.17, 15) is 34.8 Å². The standard InChI is InChI=1S/C20H20F6N2O4S/c1-28-8-7-13(11-28)32-18-9-12(3-5-15(18)19(21,22)23)27-33(29,30)14-4-6-17(31-2)16(10-14)20(24,25)26/h3-6,9-10,13,27H,7-8,11H2,1-2H3/t13-/m1/s1. The van der Waals surface area contributed by atoms with Crippen molar-refractivity contribution in [3.8, 4) is 11.5 Å². The van der Waals surface area contributed by atoms with Crippen LogP contribution in [0.15, 0.2) is 41.3 Å². The number of nitrogens with one attached hydrogen (secondary N) is 1. The molecule has 0 saturated carbocycles. The molecule has 6 nitrogen and oxygen atoms in total. The van der Waals surface area contributed by atoms with Crippen LogP contribution < -0.4 is 14.2 Å². The fourth-order valence-corrected chi connectivity index (χ4v) is 4.45. The number of halogens is 6. The predicted octanol–water partition coefficient (Wildman–Crippen LogP) is 4.62. The van der Waals surface area contributed by atoms with Gasteiger partial charge >= 0.3 is 12.4 Å². The Kier molecular flexibility index (Phi) is 6.76. The molecule has 0 aliphatic carbocycles. The molecule has 1 saturated heterocycles. The van der Waals surface area contributed by atoms with Gasteiger partial charge in [0.2, 0.25) is 0 Å². The summed E-state index contributed by atoms with van der Waals surface area (Å²) < 4.78 is 117. The minimum absolute atomic E-state index is 0.297. The van der Waals surface area contributed by atoms with Crippen molar-refractivity contribution in [2.45, 2.75) is 29.8 Å². The SMILES string of the molecule is COc1ccc(S(=O)(=O)Nc2ccc(C(F)(F)F)c(O[C@@H]3CCN(C)C3)c2)cc1C(F)(F)F. The van der Waals surface area contributed by atoms with Gasteiger partial charge in [-0.15, -0.1) is 0 Å². The number of anilines is 1. The van der Waals surface area contributed by atoms with Crippen LogP contribution >= 0.6 is 0 Å². The lowest BCUT2D eigenvalue weighted by atomic mass is 10.1. The summed E-state index contributed by atoms with van der Waals surface area (Å²) in [6.07, 6.45) is -9.69. The van der Waals surface area contributed by atoms with Gasteiger partial charge in [-0.25, -0.2) is 8.42 Å². The molecule has 13 heteroatoms. The number of nitrogens with zero attached hydrogens (tertiary/aromatic N) is 1. The Labute approximate surface area is 186 Å². The van der Waals surface area contributed by atoms with Crippen molar-refractivity contribution < 1.29 is 44.2 Å². The smallest absolute Gasteiger partial charge is 0.420 e. The highest BCUT2D eigenvalue weighted by molar-refractivity contribution is 7.92. The molecule has 0 unspecified atom stereocenters. The molecule has 0 amide bonds. The minimum Gasteiger partial charge on any atom is -0.496 e. The molecular formula is C20H20F6N2O4S. The van der Waals surface area contributed by atoms with Crippen LogP contribution in [0.25, 0.3) is 0 Å². The third-order valence-electron chi connectivity index (χ3n) is 4.97. The average Bonchev–Trinajstić information content (AvgIpc) is 3.10. The first-order valence-corrected chi connectivity index (χ1v) is 11.0. The lowest BCUT2D eigenvalue weighted by molar-refractivity contribution is -0.140. The molecule has 1 fully saturated rings. The number of likely N-dealkylation sites (tertiary alicyclic amines) is 1. The molecule has 0 aromatic heterocycles. The van der Waals surface area contributed by atoms with Crippen LogP contribution in [0.3, 0.4) is 0 Å². The zero-order valence-electron chi connectivity index (χ0n) is 17.4. The molecule has 3 rings (SSSR count). The molecular weight excluding hydrogens is 478 g/mol. The third-order valence-corrected chi connectivity index (χ3v) is 6.35. The number of hydrogen-bond donors (Lipinski definition) is 1. The van der Waals surface area contributed by atoms with Gasteiger partial charge in [0.1, 0.15) is 17.6 Å². The lowest BCUT2D eigenvalue weighted by Gasteiger charge is -2.20. The largest absolute Gasteiger partial charge is 0.496 e. The molecule has 33 heavy (non-hydrogen) atoms. The van der Waals surface area contributed by atoms with Gasteiger partial charge in [0.05, 0.1) is 28.8 Å². The molecule has 1 aliphatic rings. The third kappa shape index (κ3) is 5.82. The summed E-state index contributed by atoms with van der Waals surface area (Å²) in [6, 6.07) is 4.51. The highest BCUT2D eigenvalue weighted by Crippen LogP contribution is 2.40. The van der Waals surface area contributed by atoms with Gasteiger partial charge in [0.15, 0.2) is 0 Å². The Morgan fingerprint density at radius 2 is 1.64 bits per heavy atom. The second kappa shape index (κ2) is 8.93. The summed E-state index contributed by atoms with van der Waals surface area (Å²) in [4.78, 5) is 1.13. The number of benzene rings is 2. The summed E-state index contributed by atoms with van der Waals surface area (Å²) in [5, 5.41) is 0. The normalized spacial score (nSPS) is 17.8. The van der Waals surface area contributed by atoms with E-state index in [1.807, 2.05) is 9.62 Å². The van der Waals surface area contributed by atoms with E-state index < -0.39 is 56.0 Å². The van der Waals surface area contributed by atoms with Crippen molar-refractivity contribution in [3.05, 3.63) is 47.5 Å². The number of methoxy groups -OCH3 is 1. The van der Waals surface area contributed by atoms with Gasteiger partial charge in [0.25, 0.3) is 10.0 Å². The van der Waals surface area contributed by atoms with Crippen LogP contribution in [-0.2, 0) is 22.4 Å². The number of hydrogen-bond acceptors (Lipinski definition) is 5. The second-order valence-corrected chi connectivity index (χ2v) is 9.15. The number of likely N-dealkylation sites (N-methyl/N-ethyl adjacent to an activating group) is 1. The van der Waals surface area contributed by atoms with Gasteiger partial charge in [0, 0.05) is 19.2 Å².